The molecule has 2 unspecified atom stereocenters. The average Bonchev–Trinajstić information content (AvgIpc) is 3.40. The van der Waals surface area contributed by atoms with Gasteiger partial charge in [0.2, 0.25) is 11.7 Å². The predicted molar refractivity (Wildman–Crippen MR) is 192 cm³/mol. The van der Waals surface area contributed by atoms with E-state index in [1.54, 1.807) is 31.2 Å². The normalized spacial score (nSPS) is 17.3. The minimum absolute atomic E-state index is 0.0473. The Hall–Kier alpha value is -4.72. The van der Waals surface area contributed by atoms with Crippen molar-refractivity contribution in [3.63, 3.8) is 0 Å². The third-order valence-electron chi connectivity index (χ3n) is 7.57. The number of benzene rings is 1. The lowest BCUT2D eigenvalue weighted by atomic mass is 9.92. The van der Waals surface area contributed by atoms with Crippen molar-refractivity contribution >= 4 is 23.6 Å². The van der Waals surface area contributed by atoms with Crippen LogP contribution in [0.1, 0.15) is 90.0 Å². The van der Waals surface area contributed by atoms with Crippen molar-refractivity contribution in [2.24, 2.45) is 0 Å². The lowest BCUT2D eigenvalue weighted by Gasteiger charge is -2.24. The fourth-order valence-corrected chi connectivity index (χ4v) is 4.77. The van der Waals surface area contributed by atoms with Crippen LogP contribution in [-0.2, 0) is 29.5 Å². The van der Waals surface area contributed by atoms with Gasteiger partial charge in [-0.3, -0.25) is 14.4 Å². The molecule has 1 aromatic carbocycles. The summed E-state index contributed by atoms with van der Waals surface area (Å²) >= 11 is 0. The molecule has 0 aliphatic carbocycles. The Morgan fingerprint density at radius 2 is 1.35 bits per heavy atom. The zero-order valence-corrected chi connectivity index (χ0v) is 28.4. The van der Waals surface area contributed by atoms with Gasteiger partial charge in [0.25, 0.3) is 5.91 Å². The number of hydrogen-bond acceptors (Lipinski definition) is 5. The van der Waals surface area contributed by atoms with E-state index in [1.807, 2.05) is 18.2 Å². The van der Waals surface area contributed by atoms with Crippen LogP contribution < -0.4 is 10.6 Å². The highest BCUT2D eigenvalue weighted by Crippen LogP contribution is 2.34. The molecule has 258 valence electrons. The van der Waals surface area contributed by atoms with Gasteiger partial charge in [0.1, 0.15) is 6.04 Å². The molecule has 0 saturated heterocycles. The molecule has 1 aromatic rings. The number of ether oxygens (including phenoxy) is 1. The highest BCUT2D eigenvalue weighted by molar-refractivity contribution is 6.07. The van der Waals surface area contributed by atoms with Crippen molar-refractivity contribution in [1.29, 1.82) is 0 Å². The number of hydrogen-bond donors (Lipinski definition) is 3. The Morgan fingerprint density at radius 3 is 1.90 bits per heavy atom. The maximum absolute atomic E-state index is 12.6. The second-order valence-electron chi connectivity index (χ2n) is 11.5. The van der Waals surface area contributed by atoms with E-state index in [1.165, 1.54) is 6.08 Å². The number of unbranched alkanes of at least 4 members (excludes halogenated alkanes) is 1. The lowest BCUT2D eigenvalue weighted by molar-refractivity contribution is -0.142. The topological polar surface area (TPSA) is 122 Å². The Balaban J connectivity index is 1.54. The minimum atomic E-state index is -1.24. The predicted octanol–water partition coefficient (Wildman–Crippen LogP) is 7.72. The van der Waals surface area contributed by atoms with Gasteiger partial charge < -0.3 is 20.5 Å². The van der Waals surface area contributed by atoms with Gasteiger partial charge in [0, 0.05) is 24.6 Å². The summed E-state index contributed by atoms with van der Waals surface area (Å²) in [4.78, 5) is 49.1. The van der Waals surface area contributed by atoms with Crippen LogP contribution in [0, 0.1) is 0 Å². The maximum atomic E-state index is 12.6. The molecule has 1 aliphatic rings. The highest BCUT2D eigenvalue weighted by Gasteiger charge is 2.43. The number of ketones is 1. The Labute approximate surface area is 286 Å². The number of amides is 2. The molecule has 8 heteroatoms. The standard InChI is InChI=1S/C40H52N2O6/c1-3-4-5-6-7-8-9-10-11-12-13-14-15-16-17-18-19-20-24-30-37(44)42-34(39(46)47)29-25-26-31-41-38(45)35-32-36(43)40(2,48-35)33-27-22-21-23-28-33/h4-5,7-8,10-11,13-14,16-17,19-23,27-28,32,34H,3,6,9,12,15,18,24-26,29-31H2,1-2H3,(H,41,45)(H,42,44)(H,46,47). The van der Waals surface area contributed by atoms with Gasteiger partial charge in [0.05, 0.1) is 0 Å². The summed E-state index contributed by atoms with van der Waals surface area (Å²) in [5, 5.41) is 14.8. The van der Waals surface area contributed by atoms with Crippen LogP contribution in [0.3, 0.4) is 0 Å². The third kappa shape index (κ3) is 15.7. The molecule has 1 heterocycles. The van der Waals surface area contributed by atoms with Crippen molar-refractivity contribution in [2.45, 2.75) is 96.1 Å². The molecule has 0 spiro atoms. The molecule has 2 atom stereocenters. The lowest BCUT2D eigenvalue weighted by Crippen LogP contribution is -2.40. The smallest absolute Gasteiger partial charge is 0.326 e. The summed E-state index contributed by atoms with van der Waals surface area (Å²) in [6, 6.07) is 7.99. The number of carbonyl (C=O) groups excluding carboxylic acids is 3. The van der Waals surface area contributed by atoms with Crippen LogP contribution in [0.25, 0.3) is 0 Å². The summed E-state index contributed by atoms with van der Waals surface area (Å²) in [5.41, 5.74) is -0.583. The first-order chi connectivity index (χ1) is 23.3. The van der Waals surface area contributed by atoms with Gasteiger partial charge in [0.15, 0.2) is 11.4 Å². The number of carboxylic acid groups (broad SMARTS) is 1. The molecular weight excluding hydrogens is 604 g/mol. The monoisotopic (exact) mass is 656 g/mol. The van der Waals surface area contributed by atoms with Crippen LogP contribution in [0.2, 0.25) is 0 Å². The van der Waals surface area contributed by atoms with Crippen LogP contribution in [0.5, 0.6) is 0 Å². The zero-order valence-electron chi connectivity index (χ0n) is 28.4. The van der Waals surface area contributed by atoms with E-state index in [2.05, 4.69) is 78.3 Å². The van der Waals surface area contributed by atoms with Crippen LogP contribution in [0.4, 0.5) is 0 Å². The van der Waals surface area contributed by atoms with E-state index in [0.717, 1.165) is 38.5 Å². The molecule has 0 radical (unpaired) electrons. The third-order valence-corrected chi connectivity index (χ3v) is 7.57. The Kier molecular flexibility index (Phi) is 19.4. The second kappa shape index (κ2) is 23.6. The molecule has 0 bridgehead atoms. The van der Waals surface area contributed by atoms with Gasteiger partial charge >= 0.3 is 5.97 Å². The van der Waals surface area contributed by atoms with Gasteiger partial charge in [-0.1, -0.05) is 110 Å². The first-order valence-electron chi connectivity index (χ1n) is 17.0. The van der Waals surface area contributed by atoms with Crippen LogP contribution >= 0.6 is 0 Å². The number of carbonyl (C=O) groups is 4. The van der Waals surface area contributed by atoms with Gasteiger partial charge in [-0.15, -0.1) is 0 Å². The van der Waals surface area contributed by atoms with Gasteiger partial charge in [-0.2, -0.15) is 0 Å². The second-order valence-corrected chi connectivity index (χ2v) is 11.5. The van der Waals surface area contributed by atoms with Crippen molar-refractivity contribution < 1.29 is 29.0 Å². The van der Waals surface area contributed by atoms with Crippen LogP contribution in [0.15, 0.2) is 115 Å². The molecule has 2 amide bonds. The van der Waals surface area contributed by atoms with Crippen molar-refractivity contribution in [3.8, 4) is 0 Å². The summed E-state index contributed by atoms with van der Waals surface area (Å²) in [7, 11) is 0. The molecule has 1 aliphatic heterocycles. The Morgan fingerprint density at radius 1 is 0.812 bits per heavy atom. The number of aliphatic carboxylic acids is 1. The first-order valence-corrected chi connectivity index (χ1v) is 17.0. The zero-order chi connectivity index (χ0) is 34.9. The van der Waals surface area contributed by atoms with Crippen LogP contribution in [-0.4, -0.2) is 41.3 Å². The number of nitrogens with one attached hydrogen (secondary N) is 2. The fourth-order valence-electron chi connectivity index (χ4n) is 4.77. The van der Waals surface area contributed by atoms with E-state index >= 15 is 0 Å². The van der Waals surface area contributed by atoms with Gasteiger partial charge in [-0.05, 0) is 71.1 Å². The molecule has 3 N–H and O–H groups in total. The van der Waals surface area contributed by atoms with Crippen molar-refractivity contribution in [1.82, 2.24) is 10.6 Å². The summed E-state index contributed by atoms with van der Waals surface area (Å²) in [5.74, 6) is -2.26. The molecule has 0 aromatic heterocycles. The summed E-state index contributed by atoms with van der Waals surface area (Å²) in [6.07, 6.45) is 34.2. The van der Waals surface area contributed by atoms with E-state index in [0.29, 0.717) is 24.8 Å². The van der Waals surface area contributed by atoms with Crippen molar-refractivity contribution in [2.75, 3.05) is 6.54 Å². The average molecular weight is 657 g/mol. The maximum Gasteiger partial charge on any atom is 0.326 e. The largest absolute Gasteiger partial charge is 0.480 e. The molecule has 48 heavy (non-hydrogen) atoms. The SMILES string of the molecule is CCC=CCC=CCC=CCC=CCC=CCC=CCCC(=O)NC(CCCCNC(=O)C1=CC(=O)C(C)(c2ccccc2)O1)C(=O)O. The van der Waals surface area contributed by atoms with E-state index in [4.69, 9.17) is 4.74 Å². The first kappa shape index (κ1) is 39.5. The number of carboxylic acids is 1. The summed E-state index contributed by atoms with van der Waals surface area (Å²) < 4.78 is 5.74. The number of rotatable bonds is 23. The minimum Gasteiger partial charge on any atom is -0.480 e. The Bertz CT molecular complexity index is 1370. The van der Waals surface area contributed by atoms with Crippen molar-refractivity contribution in [3.05, 3.63) is 121 Å². The summed E-state index contributed by atoms with van der Waals surface area (Å²) in [6.45, 7) is 4.04. The van der Waals surface area contributed by atoms with E-state index in [9.17, 15) is 24.3 Å². The van der Waals surface area contributed by atoms with Gasteiger partial charge in [-0.25, -0.2) is 4.79 Å². The fraction of sp³-hybridized carbons (Fsp3) is 0.400. The van der Waals surface area contributed by atoms with E-state index in [-0.39, 0.29) is 36.8 Å². The number of allylic oxidation sites excluding steroid dienone is 12. The molecule has 0 fully saturated rings. The quantitative estimate of drug-likeness (QED) is 0.0819. The molecule has 8 nitrogen and oxygen atoms in total. The molecule has 0 saturated carbocycles. The molecule has 2 rings (SSSR count). The molecular formula is C40H52N2O6. The highest BCUT2D eigenvalue weighted by atomic mass is 16.5. The van der Waals surface area contributed by atoms with E-state index < -0.39 is 23.5 Å².